The van der Waals surface area contributed by atoms with Crippen molar-refractivity contribution in [2.45, 2.75) is 6.54 Å². The second-order valence-electron chi connectivity index (χ2n) is 1.79. The Bertz CT molecular complexity index is 246. The van der Waals surface area contributed by atoms with Crippen LogP contribution in [-0.2, 0) is 11.3 Å². The molecule has 0 saturated heterocycles. The zero-order chi connectivity index (χ0) is 9.23. The van der Waals surface area contributed by atoms with Crippen molar-refractivity contribution in [3.8, 4) is 0 Å². The number of aromatic nitrogens is 2. The molecule has 3 N–H and O–H groups in total. The van der Waals surface area contributed by atoms with E-state index >= 15 is 0 Å². The number of hydrogen-bond donors (Lipinski definition) is 2. The number of nitrogens with zero attached hydrogens (tertiary/aromatic N) is 2. The van der Waals surface area contributed by atoms with Crippen molar-refractivity contribution in [3.63, 3.8) is 0 Å². The highest BCUT2D eigenvalue weighted by atomic mass is 16.1. The number of hydrogen-bond acceptors (Lipinski definition) is 4. The summed E-state index contributed by atoms with van der Waals surface area (Å²) in [6.45, 7) is 0.802. The fourth-order valence-corrected chi connectivity index (χ4v) is 0.577. The summed E-state index contributed by atoms with van der Waals surface area (Å²) in [7, 11) is 0. The average molecular weight is 166 g/mol. The zero-order valence-corrected chi connectivity index (χ0v) is 6.47. The zero-order valence-electron chi connectivity index (χ0n) is 6.47. The van der Waals surface area contributed by atoms with E-state index < -0.39 is 0 Å². The molecule has 0 aliphatic heterocycles. The second kappa shape index (κ2) is 7.24. The molecule has 0 bridgehead atoms. The normalized spacial score (nSPS) is 8.67. The lowest BCUT2D eigenvalue weighted by molar-refractivity contribution is 0.563. The number of imidazole rings is 1. The number of nitrogens with two attached hydrogens (primary N) is 1. The van der Waals surface area contributed by atoms with Gasteiger partial charge in [-0.1, -0.05) is 0 Å². The average Bonchev–Trinajstić information content (AvgIpc) is 2.54. The highest BCUT2D eigenvalue weighted by Crippen LogP contribution is 1.84. The Hall–Kier alpha value is -1.87. The van der Waals surface area contributed by atoms with Gasteiger partial charge in [-0.25, -0.2) is 15.2 Å². The molecule has 12 heavy (non-hydrogen) atoms. The van der Waals surface area contributed by atoms with Crippen molar-refractivity contribution in [3.05, 3.63) is 31.0 Å². The van der Waals surface area contributed by atoms with Crippen molar-refractivity contribution < 1.29 is 4.79 Å². The maximum Gasteiger partial charge on any atom is 0.231 e. The molecule has 0 fully saturated rings. The number of isocyanates is 1. The molecule has 0 spiro atoms. The van der Waals surface area contributed by atoms with E-state index in [4.69, 9.17) is 15.9 Å². The molecule has 5 heteroatoms. The Balaban J connectivity index is 0.000000354. The van der Waals surface area contributed by atoms with E-state index in [0.29, 0.717) is 0 Å². The van der Waals surface area contributed by atoms with Gasteiger partial charge in [0.1, 0.15) is 0 Å². The first-order valence-corrected chi connectivity index (χ1v) is 3.21. The van der Waals surface area contributed by atoms with Gasteiger partial charge in [0.25, 0.3) is 0 Å². The summed E-state index contributed by atoms with van der Waals surface area (Å²) in [6.07, 6.45) is 9.52. The summed E-state index contributed by atoms with van der Waals surface area (Å²) in [4.78, 5) is 12.2. The molecule has 0 aliphatic rings. The smallest absolute Gasteiger partial charge is 0.231 e. The molecule has 0 saturated carbocycles. The quantitative estimate of drug-likeness (QED) is 0.488. The summed E-state index contributed by atoms with van der Waals surface area (Å²) in [5, 5.41) is 5.40. The molecule has 0 atom stereocenters. The molecule has 0 amide bonds. The van der Waals surface area contributed by atoms with Crippen molar-refractivity contribution in [1.82, 2.24) is 9.55 Å². The minimum Gasteiger partial charge on any atom is -0.405 e. The lowest BCUT2D eigenvalue weighted by atomic mass is 10.6. The Labute approximate surface area is 70.0 Å². The summed E-state index contributed by atoms with van der Waals surface area (Å²) < 4.78 is 1.93. The van der Waals surface area contributed by atoms with Crippen LogP contribution in [0, 0.1) is 5.41 Å². The molecule has 1 rings (SSSR count). The van der Waals surface area contributed by atoms with Gasteiger partial charge in [-0.05, 0) is 12.3 Å². The number of rotatable bonds is 2. The van der Waals surface area contributed by atoms with E-state index in [1.807, 2.05) is 16.8 Å². The monoisotopic (exact) mass is 166 g/mol. The third-order valence-electron chi connectivity index (χ3n) is 1.01. The highest BCUT2D eigenvalue weighted by Gasteiger charge is 1.80. The number of allylic oxidation sites excluding steroid dienone is 1. The topological polar surface area (TPSA) is 84.8 Å². The van der Waals surface area contributed by atoms with Crippen LogP contribution in [0.1, 0.15) is 0 Å². The van der Waals surface area contributed by atoms with Crippen LogP contribution in [-0.4, -0.2) is 15.6 Å². The summed E-state index contributed by atoms with van der Waals surface area (Å²) in [5.41, 5.74) is 5.13. The second-order valence-corrected chi connectivity index (χ2v) is 1.79. The lowest BCUT2D eigenvalue weighted by Gasteiger charge is -1.91. The lowest BCUT2D eigenvalue weighted by Crippen LogP contribution is -1.90. The molecule has 1 aromatic rings. The Morgan fingerprint density at radius 1 is 1.75 bits per heavy atom. The van der Waals surface area contributed by atoms with Gasteiger partial charge in [0.2, 0.25) is 6.08 Å². The number of carbonyl (C=O) groups excluding carboxylic acids is 1. The van der Waals surface area contributed by atoms with E-state index in [1.54, 1.807) is 12.5 Å². The van der Waals surface area contributed by atoms with Crippen LogP contribution in [0.25, 0.3) is 0 Å². The molecule has 0 radical (unpaired) electrons. The van der Waals surface area contributed by atoms with Crippen molar-refractivity contribution >= 4 is 6.08 Å². The standard InChI is InChI=1S/C6H9N3.CHNO/c7-2-1-4-9-5-3-8-6-9;2-1-3/h1-3,5-6H,4,7H2;2H. The van der Waals surface area contributed by atoms with Crippen LogP contribution in [0.4, 0.5) is 0 Å². The Kier molecular flexibility index (Phi) is 6.11. The summed E-state index contributed by atoms with van der Waals surface area (Å²) in [6, 6.07) is 0. The van der Waals surface area contributed by atoms with Gasteiger partial charge in [-0.3, -0.25) is 0 Å². The third-order valence-corrected chi connectivity index (χ3v) is 1.01. The van der Waals surface area contributed by atoms with E-state index in [2.05, 4.69) is 4.98 Å². The van der Waals surface area contributed by atoms with Crippen molar-refractivity contribution in [1.29, 1.82) is 5.41 Å². The van der Waals surface area contributed by atoms with E-state index in [1.165, 1.54) is 6.20 Å². The molecular formula is C7H10N4O. The first-order valence-electron chi connectivity index (χ1n) is 3.21. The molecular weight excluding hydrogens is 156 g/mol. The fourth-order valence-electron chi connectivity index (χ4n) is 0.577. The summed E-state index contributed by atoms with van der Waals surface area (Å²) >= 11 is 0. The van der Waals surface area contributed by atoms with Crippen molar-refractivity contribution in [2.75, 3.05) is 0 Å². The highest BCUT2D eigenvalue weighted by molar-refractivity contribution is 5.26. The minimum atomic E-state index is 0.750. The molecule has 5 nitrogen and oxygen atoms in total. The molecule has 64 valence electrons. The van der Waals surface area contributed by atoms with E-state index in [0.717, 1.165) is 12.6 Å². The minimum absolute atomic E-state index is 0.750. The number of nitrogens with one attached hydrogen (secondary N) is 1. The molecule has 0 aromatic carbocycles. The van der Waals surface area contributed by atoms with Gasteiger partial charge in [0, 0.05) is 18.9 Å². The van der Waals surface area contributed by atoms with Gasteiger partial charge in [0.05, 0.1) is 6.33 Å². The third kappa shape index (κ3) is 4.96. The predicted molar refractivity (Wildman–Crippen MR) is 44.0 cm³/mol. The Morgan fingerprint density at radius 2 is 2.42 bits per heavy atom. The van der Waals surface area contributed by atoms with Crippen molar-refractivity contribution in [2.24, 2.45) is 5.73 Å². The van der Waals surface area contributed by atoms with Gasteiger partial charge < -0.3 is 10.3 Å². The van der Waals surface area contributed by atoms with Crippen LogP contribution in [0.5, 0.6) is 0 Å². The Morgan fingerprint density at radius 3 is 2.83 bits per heavy atom. The van der Waals surface area contributed by atoms with Crippen LogP contribution in [0.3, 0.4) is 0 Å². The SMILES string of the molecule is N=C=O.NC=CCn1ccnc1. The van der Waals surface area contributed by atoms with Crippen LogP contribution < -0.4 is 5.73 Å². The summed E-state index contributed by atoms with van der Waals surface area (Å²) in [5.74, 6) is 0. The fraction of sp³-hybridized carbons (Fsp3) is 0.143. The molecule has 1 aromatic heterocycles. The first-order chi connectivity index (χ1) is 5.85. The largest absolute Gasteiger partial charge is 0.405 e. The molecule has 0 aliphatic carbocycles. The maximum absolute atomic E-state index is 8.35. The molecule has 1 heterocycles. The van der Waals surface area contributed by atoms with Gasteiger partial charge >= 0.3 is 0 Å². The molecule has 0 unspecified atom stereocenters. The maximum atomic E-state index is 8.35. The van der Waals surface area contributed by atoms with Gasteiger partial charge in [0.15, 0.2) is 0 Å². The van der Waals surface area contributed by atoms with Crippen LogP contribution >= 0.6 is 0 Å². The van der Waals surface area contributed by atoms with Crippen LogP contribution in [0.15, 0.2) is 31.0 Å². The first kappa shape index (κ1) is 10.1. The van der Waals surface area contributed by atoms with Gasteiger partial charge in [-0.15, -0.1) is 0 Å². The van der Waals surface area contributed by atoms with Gasteiger partial charge in [-0.2, -0.15) is 0 Å². The van der Waals surface area contributed by atoms with E-state index in [-0.39, 0.29) is 0 Å². The predicted octanol–water partition coefficient (Wildman–Crippen LogP) is 0.256. The van der Waals surface area contributed by atoms with E-state index in [9.17, 15) is 0 Å². The van der Waals surface area contributed by atoms with Crippen LogP contribution in [0.2, 0.25) is 0 Å².